The van der Waals surface area contributed by atoms with Crippen LogP contribution in [0.4, 0.5) is 0 Å². The van der Waals surface area contributed by atoms with Gasteiger partial charge in [-0.3, -0.25) is 9.91 Å². The van der Waals surface area contributed by atoms with E-state index < -0.39 is 0 Å². The summed E-state index contributed by atoms with van der Waals surface area (Å²) in [6.45, 7) is 3.90. The first-order valence-electron chi connectivity index (χ1n) is 6.73. The Morgan fingerprint density at radius 2 is 2.06 bits per heavy atom. The molecule has 4 nitrogen and oxygen atoms in total. The molecule has 0 spiro atoms. The van der Waals surface area contributed by atoms with Gasteiger partial charge < -0.3 is 0 Å². The lowest BCUT2D eigenvalue weighted by atomic mass is 9.93. The van der Waals surface area contributed by atoms with Gasteiger partial charge in [-0.2, -0.15) is 0 Å². The summed E-state index contributed by atoms with van der Waals surface area (Å²) in [6, 6.07) is 10.9. The molecule has 0 aliphatic carbocycles. The maximum absolute atomic E-state index is 10.8. The van der Waals surface area contributed by atoms with E-state index in [1.54, 1.807) is 5.01 Å². The van der Waals surface area contributed by atoms with E-state index in [-0.39, 0.29) is 0 Å². The molecule has 4 heteroatoms. The van der Waals surface area contributed by atoms with Crippen LogP contribution in [0.3, 0.4) is 0 Å². The van der Waals surface area contributed by atoms with Gasteiger partial charge in [-0.05, 0) is 24.3 Å². The fraction of sp³-hybridized carbons (Fsp3) is 0.571. The highest BCUT2D eigenvalue weighted by atomic mass is 16.3. The Bertz CT molecular complexity index is 409. The van der Waals surface area contributed by atoms with E-state index in [1.807, 2.05) is 6.07 Å². The van der Waals surface area contributed by atoms with Crippen molar-refractivity contribution in [2.75, 3.05) is 19.6 Å². The summed E-state index contributed by atoms with van der Waals surface area (Å²) in [7, 11) is 0. The second-order valence-electron chi connectivity index (χ2n) is 5.39. The zero-order chi connectivity index (χ0) is 12.4. The van der Waals surface area contributed by atoms with Gasteiger partial charge in [-0.25, -0.2) is 0 Å². The number of likely N-dealkylation sites (tertiary alicyclic amines) is 1. The maximum atomic E-state index is 10.8. The third kappa shape index (κ3) is 2.25. The number of rotatable bonds is 3. The summed E-state index contributed by atoms with van der Waals surface area (Å²) in [5.41, 5.74) is 1.35. The molecule has 0 bridgehead atoms. The average Bonchev–Trinajstić information content (AvgIpc) is 2.82. The highest BCUT2D eigenvalue weighted by molar-refractivity contribution is 5.15. The summed E-state index contributed by atoms with van der Waals surface area (Å²) in [4.78, 5) is 13.3. The molecule has 2 heterocycles. The molecule has 2 saturated heterocycles. The Labute approximate surface area is 108 Å². The zero-order valence-electron chi connectivity index (χ0n) is 10.5. The van der Waals surface area contributed by atoms with E-state index in [0.717, 1.165) is 32.6 Å². The highest BCUT2D eigenvalue weighted by Crippen LogP contribution is 2.31. The first kappa shape index (κ1) is 11.7. The standard InChI is InChI=1S/C14H19N3O/c18-15-17-8-4-7-13-10-16(11-14(13)17)9-12-5-2-1-3-6-12/h1-3,5-6,13-14H,4,7-11H2/t13-,14+/m0/s1. The molecule has 0 aromatic heterocycles. The van der Waals surface area contributed by atoms with Crippen molar-refractivity contribution in [1.29, 1.82) is 0 Å². The molecule has 0 amide bonds. The van der Waals surface area contributed by atoms with Crippen molar-refractivity contribution < 1.29 is 0 Å². The van der Waals surface area contributed by atoms with Gasteiger partial charge in [0.1, 0.15) is 0 Å². The fourth-order valence-electron chi connectivity index (χ4n) is 3.32. The molecule has 2 fully saturated rings. The Morgan fingerprint density at radius 3 is 2.83 bits per heavy atom. The number of nitroso groups, excluding NO2 is 1. The smallest absolute Gasteiger partial charge is 0.0669 e. The van der Waals surface area contributed by atoms with Crippen LogP contribution in [0, 0.1) is 10.8 Å². The molecule has 2 aliphatic rings. The molecule has 3 rings (SSSR count). The number of hydrogen-bond acceptors (Lipinski definition) is 3. The summed E-state index contributed by atoms with van der Waals surface area (Å²) in [6.07, 6.45) is 2.34. The molecule has 2 aliphatic heterocycles. The summed E-state index contributed by atoms with van der Waals surface area (Å²) < 4.78 is 0. The number of hydrogen-bond donors (Lipinski definition) is 0. The fourth-order valence-corrected chi connectivity index (χ4v) is 3.32. The van der Waals surface area contributed by atoms with Gasteiger partial charge in [-0.15, -0.1) is 4.91 Å². The molecule has 0 saturated carbocycles. The molecule has 0 radical (unpaired) electrons. The van der Waals surface area contributed by atoms with Gasteiger partial charge in [0.25, 0.3) is 0 Å². The first-order chi connectivity index (χ1) is 8.86. The van der Waals surface area contributed by atoms with E-state index in [4.69, 9.17) is 0 Å². The van der Waals surface area contributed by atoms with Crippen LogP contribution in [0.1, 0.15) is 18.4 Å². The van der Waals surface area contributed by atoms with E-state index in [1.165, 1.54) is 12.0 Å². The minimum Gasteiger partial charge on any atom is -0.297 e. The third-order valence-corrected chi connectivity index (χ3v) is 4.18. The van der Waals surface area contributed by atoms with Gasteiger partial charge in [-0.1, -0.05) is 30.3 Å². The molecular weight excluding hydrogens is 226 g/mol. The molecule has 2 atom stereocenters. The predicted octanol–water partition coefficient (Wildman–Crippen LogP) is 2.26. The Hall–Kier alpha value is -1.42. The Balaban J connectivity index is 1.65. The highest BCUT2D eigenvalue weighted by Gasteiger charge is 2.39. The molecular formula is C14H19N3O. The maximum Gasteiger partial charge on any atom is 0.0669 e. The third-order valence-electron chi connectivity index (χ3n) is 4.18. The normalized spacial score (nSPS) is 28.1. The minimum absolute atomic E-state index is 0.347. The van der Waals surface area contributed by atoms with Crippen LogP contribution in [0.2, 0.25) is 0 Å². The van der Waals surface area contributed by atoms with Gasteiger partial charge in [0.05, 0.1) is 11.3 Å². The summed E-state index contributed by atoms with van der Waals surface area (Å²) in [5, 5.41) is 4.95. The molecule has 1 aromatic carbocycles. The van der Waals surface area contributed by atoms with Crippen molar-refractivity contribution in [3.05, 3.63) is 40.8 Å². The predicted molar refractivity (Wildman–Crippen MR) is 70.7 cm³/mol. The van der Waals surface area contributed by atoms with Crippen LogP contribution < -0.4 is 0 Å². The van der Waals surface area contributed by atoms with Crippen LogP contribution in [0.15, 0.2) is 35.6 Å². The molecule has 1 aromatic rings. The van der Waals surface area contributed by atoms with E-state index in [2.05, 4.69) is 34.5 Å². The van der Waals surface area contributed by atoms with E-state index >= 15 is 0 Å². The van der Waals surface area contributed by atoms with Crippen molar-refractivity contribution in [3.8, 4) is 0 Å². The van der Waals surface area contributed by atoms with Crippen LogP contribution in [-0.4, -0.2) is 35.6 Å². The Kier molecular flexibility index (Phi) is 3.28. The number of benzene rings is 1. The average molecular weight is 245 g/mol. The molecule has 0 unspecified atom stereocenters. The molecule has 96 valence electrons. The van der Waals surface area contributed by atoms with Crippen LogP contribution in [-0.2, 0) is 6.54 Å². The number of fused-ring (bicyclic) bond motifs is 1. The van der Waals surface area contributed by atoms with E-state index in [0.29, 0.717) is 12.0 Å². The first-order valence-corrected chi connectivity index (χ1v) is 6.73. The van der Waals surface area contributed by atoms with Crippen molar-refractivity contribution in [1.82, 2.24) is 9.91 Å². The lowest BCUT2D eigenvalue weighted by Gasteiger charge is -2.31. The second kappa shape index (κ2) is 5.06. The second-order valence-corrected chi connectivity index (χ2v) is 5.39. The molecule has 18 heavy (non-hydrogen) atoms. The summed E-state index contributed by atoms with van der Waals surface area (Å²) in [5.74, 6) is 0.625. The quantitative estimate of drug-likeness (QED) is 0.766. The largest absolute Gasteiger partial charge is 0.297 e. The van der Waals surface area contributed by atoms with Crippen molar-refractivity contribution >= 4 is 0 Å². The minimum atomic E-state index is 0.347. The number of piperidine rings is 1. The van der Waals surface area contributed by atoms with Crippen LogP contribution in [0.5, 0.6) is 0 Å². The van der Waals surface area contributed by atoms with E-state index in [9.17, 15) is 4.91 Å². The van der Waals surface area contributed by atoms with Gasteiger partial charge in [0.2, 0.25) is 0 Å². The van der Waals surface area contributed by atoms with Crippen molar-refractivity contribution in [2.45, 2.75) is 25.4 Å². The lowest BCUT2D eigenvalue weighted by Crippen LogP contribution is -2.41. The zero-order valence-corrected chi connectivity index (χ0v) is 10.5. The van der Waals surface area contributed by atoms with Gasteiger partial charge in [0, 0.05) is 26.2 Å². The topological polar surface area (TPSA) is 35.9 Å². The van der Waals surface area contributed by atoms with Gasteiger partial charge >= 0.3 is 0 Å². The Morgan fingerprint density at radius 1 is 1.22 bits per heavy atom. The summed E-state index contributed by atoms with van der Waals surface area (Å²) >= 11 is 0. The molecule has 0 N–H and O–H groups in total. The number of nitrogens with zero attached hydrogens (tertiary/aromatic N) is 3. The van der Waals surface area contributed by atoms with Crippen LogP contribution in [0.25, 0.3) is 0 Å². The van der Waals surface area contributed by atoms with Crippen LogP contribution >= 0.6 is 0 Å². The monoisotopic (exact) mass is 245 g/mol. The van der Waals surface area contributed by atoms with Crippen molar-refractivity contribution in [3.63, 3.8) is 0 Å². The SMILES string of the molecule is O=NN1CCC[C@H]2CN(Cc3ccccc3)C[C@H]21. The lowest BCUT2D eigenvalue weighted by molar-refractivity contribution is 0.126. The van der Waals surface area contributed by atoms with Crippen molar-refractivity contribution in [2.24, 2.45) is 11.2 Å². The van der Waals surface area contributed by atoms with Gasteiger partial charge in [0.15, 0.2) is 0 Å².